The van der Waals surface area contributed by atoms with Gasteiger partial charge >= 0.3 is 0 Å². The molecule has 0 fully saturated rings. The van der Waals surface area contributed by atoms with E-state index in [4.69, 9.17) is 8.83 Å². The Hall–Kier alpha value is -7.97. The van der Waals surface area contributed by atoms with Crippen molar-refractivity contribution < 1.29 is 66.0 Å². The Balaban J connectivity index is 0.000000789. The highest BCUT2D eigenvalue weighted by atomic mass is 32.1. The van der Waals surface area contributed by atoms with Crippen LogP contribution >= 0.6 is 45.3 Å². The number of nitrogens with one attached hydrogen (secondary N) is 1. The number of aldehydes is 5. The molecule has 0 amide bonds. The zero-order chi connectivity index (χ0) is 52.3. The minimum absolute atomic E-state index is 0. The van der Waals surface area contributed by atoms with Gasteiger partial charge in [0.15, 0.2) is 77.7 Å². The number of ketones is 6. The lowest BCUT2D eigenvalue weighted by molar-refractivity contribution is -0.112. The van der Waals surface area contributed by atoms with Crippen LogP contribution in [0.2, 0.25) is 0 Å². The van der Waals surface area contributed by atoms with Crippen molar-refractivity contribution in [3.05, 3.63) is 191 Å². The molecular weight excluding hydrogens is 991 g/mol. The fourth-order valence-corrected chi connectivity index (χ4v) is 6.77. The zero-order valence-electron chi connectivity index (χ0n) is 38.5. The number of H-pyrrole nitrogens is 1. The van der Waals surface area contributed by atoms with Crippen molar-refractivity contribution in [1.29, 1.82) is 0 Å². The summed E-state index contributed by atoms with van der Waals surface area (Å²) in [6, 6.07) is 22.1. The van der Waals surface area contributed by atoms with Crippen molar-refractivity contribution in [3.63, 3.8) is 0 Å². The second kappa shape index (κ2) is 37.0. The second-order valence-corrected chi connectivity index (χ2v) is 16.9. The van der Waals surface area contributed by atoms with E-state index in [1.807, 2.05) is 28.3 Å². The third-order valence-corrected chi connectivity index (χ3v) is 11.1. The number of carbonyl (C=O) groups is 11. The minimum atomic E-state index is -0.173. The van der Waals surface area contributed by atoms with Crippen LogP contribution in [0.1, 0.15) is 156 Å². The molecule has 8 aromatic rings. The summed E-state index contributed by atoms with van der Waals surface area (Å²) in [4.78, 5) is 119. The maximum absolute atomic E-state index is 10.7. The lowest BCUT2D eigenvalue weighted by Crippen LogP contribution is -1.89. The number of allylic oxidation sites excluding steroid dienone is 1. The van der Waals surface area contributed by atoms with Gasteiger partial charge in [0, 0.05) is 36.6 Å². The molecule has 0 unspecified atom stereocenters. The summed E-state index contributed by atoms with van der Waals surface area (Å²) in [6.07, 6.45) is 12.9. The Labute approximate surface area is 425 Å². The van der Waals surface area contributed by atoms with Crippen LogP contribution in [0.5, 0.6) is 0 Å². The third kappa shape index (κ3) is 27.6. The molecule has 1 N–H and O–H groups in total. The van der Waals surface area contributed by atoms with E-state index in [-0.39, 0.29) is 53.6 Å². The monoisotopic (exact) mass is 1040 g/mol. The van der Waals surface area contributed by atoms with E-state index in [9.17, 15) is 52.7 Å². The molecule has 71 heavy (non-hydrogen) atoms. The summed E-state index contributed by atoms with van der Waals surface area (Å²) in [5.41, 5.74) is 2.60. The lowest BCUT2D eigenvalue weighted by Gasteiger charge is -1.82. The normalized spacial score (nSPS) is 9.15. The van der Waals surface area contributed by atoms with Gasteiger partial charge in [-0.3, -0.25) is 52.7 Å². The first kappa shape index (κ1) is 63.0. The topological polar surface area (TPSA) is 243 Å². The molecule has 0 aliphatic heterocycles. The average Bonchev–Trinajstić information content (AvgIpc) is 4.22. The SMILES string of the molecule is C.CC(=O)/C=C/c1ccco1.CC(=O)c1ccc(C=O)o1.CC(=O)c1ccc(C=O)s1.CC(=O)c1ccc[nH]1.CC(=O)c1ccoc1.CC(=O)c1ccsc1.O=Cc1cccs1.O=Cc1ccsc1C=O. The molecular formula is C52H51NO14S4. The van der Waals surface area contributed by atoms with Crippen LogP contribution in [-0.2, 0) is 4.79 Å². The second-order valence-electron chi connectivity index (χ2n) is 13.1. The van der Waals surface area contributed by atoms with Gasteiger partial charge in [0.1, 0.15) is 12.0 Å². The number of hydrogen-bond acceptors (Lipinski definition) is 18. The fraction of sp³-hybridized carbons (Fsp3) is 0.135. The number of furan rings is 3. The standard InChI is InChI=1S/C8H8O2.C7H6O3.C7H6O2S.C6H7NO.C6H4O2S.C6H6O2.C6H6OS.C5H4OS.CH4/c1-7(9)4-5-8-3-2-6-10-8;2*1-5(9)7-3-2-6(4-8)10-7;1-5(8)6-3-2-4-7-6;7-3-5-1-2-9-6(5)4-8;2*1-5(7)6-2-3-8-4-6;6-4-5-2-1-3-7-5;/h2-6H,1H3;2*2-4H,1H3;2-4,7H,1H3;1-4H;2*2-4H,1H3;1-4H;1H4/b5-4+;;;;;;;;. The highest BCUT2D eigenvalue weighted by molar-refractivity contribution is 7.15. The van der Waals surface area contributed by atoms with Gasteiger partial charge in [-0.05, 0) is 129 Å². The van der Waals surface area contributed by atoms with E-state index in [0.717, 1.165) is 23.0 Å². The number of Topliss-reactive ketones (excluding diaryl/α,β-unsaturated/α-hetero) is 5. The molecule has 372 valence electrons. The van der Waals surface area contributed by atoms with Gasteiger partial charge in [0.05, 0.1) is 43.3 Å². The number of thiophene rings is 4. The van der Waals surface area contributed by atoms with Crippen LogP contribution in [-0.4, -0.2) is 71.1 Å². The van der Waals surface area contributed by atoms with Crippen LogP contribution in [0.4, 0.5) is 0 Å². The molecule has 8 heterocycles. The third-order valence-electron chi connectivity index (χ3n) is 7.66. The van der Waals surface area contributed by atoms with E-state index in [1.165, 1.54) is 99.4 Å². The zero-order valence-corrected chi connectivity index (χ0v) is 41.8. The molecule has 0 saturated carbocycles. The van der Waals surface area contributed by atoms with E-state index in [2.05, 4.69) is 9.40 Å². The summed E-state index contributed by atoms with van der Waals surface area (Å²) in [5.74, 6) is 1.24. The van der Waals surface area contributed by atoms with Crippen LogP contribution < -0.4 is 0 Å². The molecule has 8 aromatic heterocycles. The quantitative estimate of drug-likeness (QED) is 0.0680. The van der Waals surface area contributed by atoms with Crippen molar-refractivity contribution >= 4 is 118 Å². The van der Waals surface area contributed by atoms with Gasteiger partial charge in [0.25, 0.3) is 0 Å². The molecule has 8 rings (SSSR count). The Morgan fingerprint density at radius 2 is 1.28 bits per heavy atom. The maximum atomic E-state index is 10.7. The van der Waals surface area contributed by atoms with Gasteiger partial charge in [-0.2, -0.15) is 11.3 Å². The van der Waals surface area contributed by atoms with Crippen molar-refractivity contribution in [2.24, 2.45) is 0 Å². The van der Waals surface area contributed by atoms with E-state index >= 15 is 0 Å². The molecule has 0 spiro atoms. The molecule has 0 bridgehead atoms. The molecule has 0 radical (unpaired) electrons. The van der Waals surface area contributed by atoms with Crippen molar-refractivity contribution in [2.75, 3.05) is 0 Å². The van der Waals surface area contributed by atoms with Gasteiger partial charge in [-0.25, -0.2) is 0 Å². The van der Waals surface area contributed by atoms with Crippen molar-refractivity contribution in [1.82, 2.24) is 4.98 Å². The molecule has 0 saturated heterocycles. The summed E-state index contributed by atoms with van der Waals surface area (Å²) in [5, 5.41) is 7.34. The molecule has 0 atom stereocenters. The predicted octanol–water partition coefficient (Wildman–Crippen LogP) is 13.2. The Bertz CT molecular complexity index is 2630. The number of aromatic amines is 1. The Morgan fingerprint density at radius 1 is 0.563 bits per heavy atom. The number of rotatable bonds is 12. The van der Waals surface area contributed by atoms with Gasteiger partial charge < -0.3 is 18.2 Å². The van der Waals surface area contributed by atoms with Crippen LogP contribution in [0.25, 0.3) is 6.08 Å². The van der Waals surface area contributed by atoms with Gasteiger partial charge in [-0.1, -0.05) is 13.5 Å². The van der Waals surface area contributed by atoms with Crippen molar-refractivity contribution in [3.8, 4) is 0 Å². The van der Waals surface area contributed by atoms with Gasteiger partial charge in [0.2, 0.25) is 0 Å². The first-order valence-corrected chi connectivity index (χ1v) is 23.5. The number of hydrogen-bond donors (Lipinski definition) is 1. The minimum Gasteiger partial charge on any atom is -0.472 e. The lowest BCUT2D eigenvalue weighted by atomic mass is 10.2. The first-order chi connectivity index (χ1) is 33.5. The fourth-order valence-electron chi connectivity index (χ4n) is 4.16. The van der Waals surface area contributed by atoms with E-state index < -0.39 is 0 Å². The largest absolute Gasteiger partial charge is 0.472 e. The predicted molar refractivity (Wildman–Crippen MR) is 278 cm³/mol. The van der Waals surface area contributed by atoms with Crippen molar-refractivity contribution in [2.45, 2.75) is 49.0 Å². The van der Waals surface area contributed by atoms with Crippen LogP contribution in [0.3, 0.4) is 0 Å². The molecule has 19 heteroatoms. The highest BCUT2D eigenvalue weighted by Gasteiger charge is 2.04. The molecule has 0 aliphatic rings. The molecule has 15 nitrogen and oxygen atoms in total. The number of carbonyl (C=O) groups excluding carboxylic acids is 11. The average molecular weight is 1040 g/mol. The molecule has 0 aliphatic carbocycles. The summed E-state index contributed by atoms with van der Waals surface area (Å²) in [7, 11) is 0. The van der Waals surface area contributed by atoms with E-state index in [0.29, 0.717) is 56.1 Å². The van der Waals surface area contributed by atoms with E-state index in [1.54, 1.807) is 96.8 Å². The van der Waals surface area contributed by atoms with Crippen LogP contribution in [0.15, 0.2) is 145 Å². The highest BCUT2D eigenvalue weighted by Crippen LogP contribution is 2.14. The summed E-state index contributed by atoms with van der Waals surface area (Å²) in [6.45, 7) is 8.98. The van der Waals surface area contributed by atoms with Gasteiger partial charge in [-0.15, -0.1) is 34.0 Å². The first-order valence-electron chi connectivity index (χ1n) is 20.0. The molecule has 0 aromatic carbocycles. The summed E-state index contributed by atoms with van der Waals surface area (Å²) >= 11 is 5.50. The number of aromatic nitrogens is 1. The maximum Gasteiger partial charge on any atom is 0.194 e. The smallest absolute Gasteiger partial charge is 0.194 e. The summed E-state index contributed by atoms with van der Waals surface area (Å²) < 4.78 is 14.4. The Morgan fingerprint density at radius 3 is 1.61 bits per heavy atom. The Kier molecular flexibility index (Phi) is 32.8. The van der Waals surface area contributed by atoms with Crippen LogP contribution in [0, 0.1) is 0 Å².